The Morgan fingerprint density at radius 1 is 1.12 bits per heavy atom. The molecule has 0 atom stereocenters. The zero-order valence-electron chi connectivity index (χ0n) is 13.9. The number of benzene rings is 1. The van der Waals surface area contributed by atoms with Gasteiger partial charge >= 0.3 is 6.09 Å². The molecule has 0 aliphatic carbocycles. The number of aromatic nitrogens is 1. The summed E-state index contributed by atoms with van der Waals surface area (Å²) in [6, 6.07) is 9.97. The number of furan rings is 1. The molecule has 1 aliphatic rings. The van der Waals surface area contributed by atoms with Gasteiger partial charge in [0.25, 0.3) is 0 Å². The van der Waals surface area contributed by atoms with Crippen LogP contribution in [0.4, 0.5) is 4.79 Å². The summed E-state index contributed by atoms with van der Waals surface area (Å²) in [5.41, 5.74) is 4.04. The van der Waals surface area contributed by atoms with Gasteiger partial charge in [0, 0.05) is 10.9 Å². The van der Waals surface area contributed by atoms with Crippen LogP contribution in [0.1, 0.15) is 28.2 Å². The molecule has 0 unspecified atom stereocenters. The average molecular weight is 322 g/mol. The maximum Gasteiger partial charge on any atom is 0.417 e. The molecule has 3 aromatic rings. The SMILES string of the molecule is Cc1ccc(CN2Cc3cc4c(C)ccc(C)c4nc3OC2=O)o1. The number of amides is 1. The first-order chi connectivity index (χ1) is 11.5. The van der Waals surface area contributed by atoms with Crippen LogP contribution in [-0.4, -0.2) is 16.0 Å². The number of nitrogens with zero attached hydrogens (tertiary/aromatic N) is 2. The minimum absolute atomic E-state index is 0.386. The molecule has 0 radical (unpaired) electrons. The van der Waals surface area contributed by atoms with E-state index in [9.17, 15) is 4.79 Å². The third-order valence-electron chi connectivity index (χ3n) is 4.39. The van der Waals surface area contributed by atoms with Crippen LogP contribution >= 0.6 is 0 Å². The van der Waals surface area contributed by atoms with Crippen LogP contribution in [0.3, 0.4) is 0 Å². The number of hydrogen-bond acceptors (Lipinski definition) is 4. The number of carbonyl (C=O) groups excluding carboxylic acids is 1. The van der Waals surface area contributed by atoms with Crippen LogP contribution < -0.4 is 4.74 Å². The number of aryl methyl sites for hydroxylation is 3. The molecule has 0 bridgehead atoms. The monoisotopic (exact) mass is 322 g/mol. The van der Waals surface area contributed by atoms with Crippen molar-refractivity contribution < 1.29 is 13.9 Å². The lowest BCUT2D eigenvalue weighted by Gasteiger charge is -2.27. The van der Waals surface area contributed by atoms with Crippen molar-refractivity contribution in [2.24, 2.45) is 0 Å². The van der Waals surface area contributed by atoms with Gasteiger partial charge in [0.15, 0.2) is 0 Å². The second-order valence-corrected chi connectivity index (χ2v) is 6.28. The Balaban J connectivity index is 1.72. The van der Waals surface area contributed by atoms with Crippen LogP contribution in [0, 0.1) is 20.8 Å². The smallest absolute Gasteiger partial charge is 0.417 e. The molecule has 0 fully saturated rings. The molecule has 4 rings (SSSR count). The first kappa shape index (κ1) is 14.8. The predicted molar refractivity (Wildman–Crippen MR) is 89.9 cm³/mol. The number of pyridine rings is 1. The zero-order valence-corrected chi connectivity index (χ0v) is 13.9. The fourth-order valence-electron chi connectivity index (χ4n) is 3.06. The van der Waals surface area contributed by atoms with E-state index in [1.54, 1.807) is 4.90 Å². The summed E-state index contributed by atoms with van der Waals surface area (Å²) in [4.78, 5) is 18.5. The van der Waals surface area contributed by atoms with Crippen LogP contribution in [0.5, 0.6) is 5.88 Å². The molecule has 24 heavy (non-hydrogen) atoms. The Labute approximate surface area is 139 Å². The van der Waals surface area contributed by atoms with Crippen molar-refractivity contribution in [3.05, 3.63) is 58.5 Å². The minimum Gasteiger partial charge on any atom is -0.464 e. The highest BCUT2D eigenvalue weighted by Crippen LogP contribution is 2.31. The third-order valence-corrected chi connectivity index (χ3v) is 4.39. The van der Waals surface area contributed by atoms with Gasteiger partial charge < -0.3 is 9.15 Å². The maximum atomic E-state index is 12.3. The van der Waals surface area contributed by atoms with Crippen molar-refractivity contribution in [1.82, 2.24) is 9.88 Å². The molecule has 5 nitrogen and oxygen atoms in total. The Morgan fingerprint density at radius 3 is 2.67 bits per heavy atom. The fourth-order valence-corrected chi connectivity index (χ4v) is 3.06. The normalized spacial score (nSPS) is 14.0. The molecule has 0 spiro atoms. The Hall–Kier alpha value is -2.82. The van der Waals surface area contributed by atoms with Crippen molar-refractivity contribution in [2.75, 3.05) is 0 Å². The largest absolute Gasteiger partial charge is 0.464 e. The van der Waals surface area contributed by atoms with Crippen molar-refractivity contribution in [1.29, 1.82) is 0 Å². The van der Waals surface area contributed by atoms with Crippen LogP contribution in [0.2, 0.25) is 0 Å². The van der Waals surface area contributed by atoms with Crippen molar-refractivity contribution >= 4 is 17.0 Å². The van der Waals surface area contributed by atoms with Crippen molar-refractivity contribution in [2.45, 2.75) is 33.9 Å². The first-order valence-electron chi connectivity index (χ1n) is 7.93. The molecule has 2 aromatic heterocycles. The van der Waals surface area contributed by atoms with Crippen LogP contribution in [-0.2, 0) is 13.1 Å². The van der Waals surface area contributed by atoms with Gasteiger partial charge in [-0.3, -0.25) is 4.90 Å². The van der Waals surface area contributed by atoms with Gasteiger partial charge in [-0.2, -0.15) is 0 Å². The first-order valence-corrected chi connectivity index (χ1v) is 7.93. The maximum absolute atomic E-state index is 12.3. The van der Waals surface area contributed by atoms with Gasteiger partial charge in [0.2, 0.25) is 5.88 Å². The molecular weight excluding hydrogens is 304 g/mol. The molecule has 3 heterocycles. The highest BCUT2D eigenvalue weighted by molar-refractivity contribution is 5.87. The molecule has 122 valence electrons. The van der Waals surface area contributed by atoms with E-state index in [4.69, 9.17) is 9.15 Å². The van der Waals surface area contributed by atoms with Crippen molar-refractivity contribution in [3.8, 4) is 5.88 Å². The van der Waals surface area contributed by atoms with E-state index in [-0.39, 0.29) is 0 Å². The van der Waals surface area contributed by atoms with E-state index in [1.807, 2.05) is 32.0 Å². The lowest BCUT2D eigenvalue weighted by atomic mass is 10.0. The highest BCUT2D eigenvalue weighted by atomic mass is 16.6. The average Bonchev–Trinajstić information content (AvgIpc) is 2.96. The summed E-state index contributed by atoms with van der Waals surface area (Å²) >= 11 is 0. The van der Waals surface area contributed by atoms with E-state index in [1.165, 1.54) is 0 Å². The highest BCUT2D eigenvalue weighted by Gasteiger charge is 2.27. The summed E-state index contributed by atoms with van der Waals surface area (Å²) < 4.78 is 11.0. The van der Waals surface area contributed by atoms with Gasteiger partial charge in [-0.15, -0.1) is 0 Å². The predicted octanol–water partition coefficient (Wildman–Crippen LogP) is 4.27. The summed E-state index contributed by atoms with van der Waals surface area (Å²) in [6.07, 6.45) is -0.395. The van der Waals surface area contributed by atoms with Crippen LogP contribution in [0.15, 0.2) is 34.7 Å². The second kappa shape index (κ2) is 5.37. The molecule has 1 amide bonds. The summed E-state index contributed by atoms with van der Waals surface area (Å²) in [5.74, 6) is 1.98. The quantitative estimate of drug-likeness (QED) is 0.707. The van der Waals surface area contributed by atoms with Gasteiger partial charge in [-0.1, -0.05) is 12.1 Å². The van der Waals surface area contributed by atoms with Crippen LogP contribution in [0.25, 0.3) is 10.9 Å². The zero-order chi connectivity index (χ0) is 16.8. The second-order valence-electron chi connectivity index (χ2n) is 6.28. The van der Waals surface area contributed by atoms with Gasteiger partial charge in [0.1, 0.15) is 11.5 Å². The molecule has 0 saturated heterocycles. The number of rotatable bonds is 2. The molecule has 1 aliphatic heterocycles. The molecule has 0 saturated carbocycles. The van der Waals surface area contributed by atoms with E-state index < -0.39 is 6.09 Å². The van der Waals surface area contributed by atoms with E-state index >= 15 is 0 Å². The summed E-state index contributed by atoms with van der Waals surface area (Å²) in [6.45, 7) is 6.81. The topological polar surface area (TPSA) is 55.6 Å². The molecule has 5 heteroatoms. The minimum atomic E-state index is -0.395. The lowest BCUT2D eigenvalue weighted by Crippen LogP contribution is -2.36. The Bertz CT molecular complexity index is 959. The number of ether oxygens (including phenoxy) is 1. The number of carbonyl (C=O) groups is 1. The molecule has 0 N–H and O–H groups in total. The molecular formula is C19H18N2O3. The van der Waals surface area contributed by atoms with E-state index in [0.717, 1.165) is 39.1 Å². The van der Waals surface area contributed by atoms with Gasteiger partial charge in [-0.25, -0.2) is 9.78 Å². The summed E-state index contributed by atoms with van der Waals surface area (Å²) in [5, 5.41) is 1.10. The van der Waals surface area contributed by atoms with E-state index in [2.05, 4.69) is 24.0 Å². The standard InChI is InChI=1S/C19H18N2O3/c1-11-4-5-12(2)17-16(11)8-14-9-21(19(22)24-18(14)20-17)10-15-7-6-13(3)23-15/h4-8H,9-10H2,1-3H3. The Kier molecular flexibility index (Phi) is 3.30. The summed E-state index contributed by atoms with van der Waals surface area (Å²) in [7, 11) is 0. The third kappa shape index (κ3) is 2.42. The Morgan fingerprint density at radius 2 is 1.92 bits per heavy atom. The lowest BCUT2D eigenvalue weighted by molar-refractivity contribution is 0.129. The molecule has 1 aromatic carbocycles. The van der Waals surface area contributed by atoms with Gasteiger partial charge in [-0.05, 0) is 50.1 Å². The fraction of sp³-hybridized carbons (Fsp3) is 0.263. The van der Waals surface area contributed by atoms with Gasteiger partial charge in [0.05, 0.1) is 18.6 Å². The number of fused-ring (bicyclic) bond motifs is 2. The van der Waals surface area contributed by atoms with E-state index in [0.29, 0.717) is 19.0 Å². The number of hydrogen-bond donors (Lipinski definition) is 0. The van der Waals surface area contributed by atoms with Crippen molar-refractivity contribution in [3.63, 3.8) is 0 Å².